The third-order valence-electron chi connectivity index (χ3n) is 8.39. The number of hydrogen-bond acceptors (Lipinski definition) is 9. The lowest BCUT2D eigenvalue weighted by Crippen LogP contribution is -2.45. The van der Waals surface area contributed by atoms with Crippen LogP contribution in [-0.2, 0) is 14.3 Å². The highest BCUT2D eigenvalue weighted by molar-refractivity contribution is 9.10. The van der Waals surface area contributed by atoms with Crippen molar-refractivity contribution in [2.45, 2.75) is 59.3 Å². The Morgan fingerprint density at radius 3 is 1.95 bits per heavy atom. The van der Waals surface area contributed by atoms with E-state index in [4.69, 9.17) is 9.47 Å². The van der Waals surface area contributed by atoms with Crippen molar-refractivity contribution in [1.29, 1.82) is 0 Å². The number of ether oxygens (including phenoxy) is 2. The first-order valence-corrected chi connectivity index (χ1v) is 15.1. The molecule has 2 aromatic carbocycles. The fourth-order valence-corrected chi connectivity index (χ4v) is 6.99. The van der Waals surface area contributed by atoms with E-state index in [-0.39, 0.29) is 33.9 Å². The van der Waals surface area contributed by atoms with Crippen LogP contribution in [0.25, 0.3) is 0 Å². The molecule has 0 atom stereocenters. The number of benzene rings is 2. The molecule has 5 rings (SSSR count). The van der Waals surface area contributed by atoms with E-state index in [9.17, 15) is 29.8 Å². The standard InChI is InChI=1S/C32H34BrN3O8/c1-31(2)14-22-29(24(37)16-31)28(30-23(34(22)10-11-43-5)15-32(3,4)17-25(30)38)20-12-18(33)6-8-26(20)44-27-9-7-19(35(39)40)13-21(27)36(41)42/h6-9,12-13,28H,10-11,14-17H2,1-5H3. The molecule has 3 aliphatic rings. The fourth-order valence-electron chi connectivity index (χ4n) is 6.62. The lowest BCUT2D eigenvalue weighted by molar-refractivity contribution is -0.394. The minimum absolute atomic E-state index is 0.0694. The highest BCUT2D eigenvalue weighted by atomic mass is 79.9. The van der Waals surface area contributed by atoms with E-state index < -0.39 is 27.1 Å². The first kappa shape index (κ1) is 31.5. The summed E-state index contributed by atoms with van der Waals surface area (Å²) in [6, 6.07) is 8.27. The number of non-ortho nitro benzene ring substituents is 1. The van der Waals surface area contributed by atoms with Crippen LogP contribution in [0.5, 0.6) is 11.5 Å². The van der Waals surface area contributed by atoms with Crippen LogP contribution in [0.2, 0.25) is 0 Å². The molecule has 2 aromatic rings. The van der Waals surface area contributed by atoms with Crippen molar-refractivity contribution in [2.75, 3.05) is 20.3 Å². The van der Waals surface area contributed by atoms with Gasteiger partial charge < -0.3 is 14.4 Å². The van der Waals surface area contributed by atoms with Crippen molar-refractivity contribution in [3.63, 3.8) is 0 Å². The third kappa shape index (κ3) is 5.92. The van der Waals surface area contributed by atoms with Gasteiger partial charge >= 0.3 is 5.69 Å². The Hall–Kier alpha value is -3.90. The Bertz CT molecular complexity index is 1600. The van der Waals surface area contributed by atoms with E-state index in [1.165, 1.54) is 6.07 Å². The predicted molar refractivity (Wildman–Crippen MR) is 165 cm³/mol. The van der Waals surface area contributed by atoms with E-state index in [2.05, 4.69) is 48.5 Å². The second-order valence-electron chi connectivity index (χ2n) is 13.1. The smallest absolute Gasteiger partial charge is 0.318 e. The summed E-state index contributed by atoms with van der Waals surface area (Å²) in [6.07, 6.45) is 1.80. The van der Waals surface area contributed by atoms with Crippen molar-refractivity contribution in [3.8, 4) is 11.5 Å². The SMILES string of the molecule is COCCN1C2=C(C(=O)CC(C)(C)C2)C(c2cc(Br)ccc2Oc2ccc([N+](=O)[O-])cc2[N+](=O)[O-])C2=C1CC(C)(C)CC2=O. The monoisotopic (exact) mass is 667 g/mol. The van der Waals surface area contributed by atoms with Crippen LogP contribution in [-0.4, -0.2) is 46.6 Å². The zero-order valence-electron chi connectivity index (χ0n) is 25.3. The molecule has 0 radical (unpaired) electrons. The largest absolute Gasteiger partial charge is 0.450 e. The molecule has 0 unspecified atom stereocenters. The van der Waals surface area contributed by atoms with Crippen LogP contribution in [0.3, 0.4) is 0 Å². The van der Waals surface area contributed by atoms with Gasteiger partial charge in [0, 0.05) is 71.1 Å². The Morgan fingerprint density at radius 1 is 0.864 bits per heavy atom. The van der Waals surface area contributed by atoms with Gasteiger partial charge in [-0.25, -0.2) is 0 Å². The Morgan fingerprint density at radius 2 is 1.43 bits per heavy atom. The number of allylic oxidation sites excluding steroid dienone is 4. The van der Waals surface area contributed by atoms with Gasteiger partial charge in [0.2, 0.25) is 5.75 Å². The lowest BCUT2D eigenvalue weighted by Gasteiger charge is -2.49. The number of nitro groups is 2. The fraction of sp³-hybridized carbons (Fsp3) is 0.438. The van der Waals surface area contributed by atoms with E-state index in [1.807, 2.05) is 0 Å². The minimum Gasteiger partial charge on any atom is -0.450 e. The Labute approximate surface area is 263 Å². The molecular weight excluding hydrogens is 634 g/mol. The highest BCUT2D eigenvalue weighted by Gasteiger charge is 2.49. The molecule has 0 amide bonds. The summed E-state index contributed by atoms with van der Waals surface area (Å²) in [5.41, 5.74) is 1.60. The van der Waals surface area contributed by atoms with Gasteiger partial charge in [0.1, 0.15) is 5.75 Å². The van der Waals surface area contributed by atoms with Gasteiger partial charge in [-0.05, 0) is 47.9 Å². The number of nitrogens with zero attached hydrogens (tertiary/aromatic N) is 3. The van der Waals surface area contributed by atoms with Crippen molar-refractivity contribution in [3.05, 3.63) is 89.2 Å². The van der Waals surface area contributed by atoms with Gasteiger partial charge in [-0.1, -0.05) is 43.6 Å². The van der Waals surface area contributed by atoms with Crippen LogP contribution < -0.4 is 4.74 Å². The number of carbonyl (C=O) groups excluding carboxylic acids is 2. The summed E-state index contributed by atoms with van der Waals surface area (Å²) in [4.78, 5) is 52.1. The zero-order valence-corrected chi connectivity index (χ0v) is 26.9. The molecule has 2 aliphatic carbocycles. The maximum absolute atomic E-state index is 14.1. The van der Waals surface area contributed by atoms with E-state index >= 15 is 0 Å². The summed E-state index contributed by atoms with van der Waals surface area (Å²) >= 11 is 3.53. The quantitative estimate of drug-likeness (QED) is 0.208. The molecule has 232 valence electrons. The van der Waals surface area contributed by atoms with Crippen molar-refractivity contribution < 1.29 is 28.9 Å². The topological polar surface area (TPSA) is 142 Å². The number of nitro benzene ring substituents is 2. The molecule has 0 bridgehead atoms. The van der Waals surface area contributed by atoms with Crippen LogP contribution >= 0.6 is 15.9 Å². The number of hydrogen-bond donors (Lipinski definition) is 0. The summed E-state index contributed by atoms with van der Waals surface area (Å²) in [5, 5.41) is 23.2. The van der Waals surface area contributed by atoms with Crippen molar-refractivity contribution in [2.24, 2.45) is 10.8 Å². The number of Topliss-reactive ketones (excluding diaryl/α,β-unsaturated/α-hetero) is 2. The molecule has 12 heteroatoms. The third-order valence-corrected chi connectivity index (χ3v) is 8.89. The van der Waals surface area contributed by atoms with Crippen LogP contribution in [0, 0.1) is 31.1 Å². The molecule has 0 fully saturated rings. The second-order valence-corrected chi connectivity index (χ2v) is 14.0. The number of halogens is 1. The predicted octanol–water partition coefficient (Wildman–Crippen LogP) is 7.39. The number of ketones is 2. The first-order chi connectivity index (χ1) is 20.6. The molecule has 44 heavy (non-hydrogen) atoms. The van der Waals surface area contributed by atoms with Gasteiger partial charge in [-0.3, -0.25) is 29.8 Å². The van der Waals surface area contributed by atoms with Crippen molar-refractivity contribution in [1.82, 2.24) is 4.90 Å². The maximum Gasteiger partial charge on any atom is 0.318 e. The van der Waals surface area contributed by atoms with E-state index in [0.717, 1.165) is 23.5 Å². The van der Waals surface area contributed by atoms with Gasteiger partial charge in [0.25, 0.3) is 5.69 Å². The van der Waals surface area contributed by atoms with Crippen LogP contribution in [0.15, 0.2) is 63.4 Å². The molecule has 1 aliphatic heterocycles. The molecule has 0 N–H and O–H groups in total. The zero-order chi connectivity index (χ0) is 32.1. The Balaban J connectivity index is 1.76. The van der Waals surface area contributed by atoms with E-state index in [0.29, 0.717) is 60.0 Å². The molecule has 1 heterocycles. The molecular formula is C32H34BrN3O8. The van der Waals surface area contributed by atoms with Crippen molar-refractivity contribution >= 4 is 38.9 Å². The Kier molecular flexibility index (Phi) is 8.27. The molecule has 0 aromatic heterocycles. The summed E-state index contributed by atoms with van der Waals surface area (Å²) in [7, 11) is 1.62. The number of carbonyl (C=O) groups is 2. The average Bonchev–Trinajstić information content (AvgIpc) is 2.91. The van der Waals surface area contributed by atoms with Gasteiger partial charge in [-0.15, -0.1) is 0 Å². The van der Waals surface area contributed by atoms with Crippen LogP contribution in [0.1, 0.15) is 64.9 Å². The molecule has 11 nitrogen and oxygen atoms in total. The highest BCUT2D eigenvalue weighted by Crippen LogP contribution is 2.56. The molecule has 0 saturated heterocycles. The average molecular weight is 669 g/mol. The summed E-state index contributed by atoms with van der Waals surface area (Å²) in [5.74, 6) is -0.900. The van der Waals surface area contributed by atoms with Gasteiger partial charge in [-0.2, -0.15) is 0 Å². The summed E-state index contributed by atoms with van der Waals surface area (Å²) in [6.45, 7) is 9.10. The van der Waals surface area contributed by atoms with E-state index in [1.54, 1.807) is 25.3 Å². The molecule has 0 spiro atoms. The minimum atomic E-state index is -0.768. The molecule has 0 saturated carbocycles. The van der Waals surface area contributed by atoms with Gasteiger partial charge in [0.05, 0.1) is 22.5 Å². The first-order valence-electron chi connectivity index (χ1n) is 14.3. The number of rotatable bonds is 8. The van der Waals surface area contributed by atoms with Crippen LogP contribution in [0.4, 0.5) is 11.4 Å². The summed E-state index contributed by atoms with van der Waals surface area (Å²) < 4.78 is 12.3. The maximum atomic E-state index is 14.1. The van der Waals surface area contributed by atoms with Gasteiger partial charge in [0.15, 0.2) is 11.6 Å². The second kappa shape index (κ2) is 11.6. The number of methoxy groups -OCH3 is 1. The lowest BCUT2D eigenvalue weighted by atomic mass is 9.63. The normalized spacial score (nSPS) is 19.5.